The Morgan fingerprint density at radius 2 is 1.93 bits per heavy atom. The summed E-state index contributed by atoms with van der Waals surface area (Å²) >= 11 is 0. The van der Waals surface area contributed by atoms with Crippen molar-refractivity contribution in [1.29, 1.82) is 0 Å². The summed E-state index contributed by atoms with van der Waals surface area (Å²) in [6.07, 6.45) is 3.65. The average Bonchev–Trinajstić information content (AvgIpc) is 3.37. The van der Waals surface area contributed by atoms with Crippen LogP contribution >= 0.6 is 0 Å². The second kappa shape index (κ2) is 13.4. The monoisotopic (exact) mass is 594 g/mol. The second-order valence-electron chi connectivity index (χ2n) is 10.2. The summed E-state index contributed by atoms with van der Waals surface area (Å²) in [5, 5.41) is 23.8. The van der Waals surface area contributed by atoms with Crippen LogP contribution in [0.1, 0.15) is 37.1 Å². The molecule has 3 heterocycles. The minimum absolute atomic E-state index is 0.00378. The lowest BCUT2D eigenvalue weighted by Gasteiger charge is -2.27. The number of pyridine rings is 1. The Morgan fingerprint density at radius 1 is 1.12 bits per heavy atom. The first-order valence-corrected chi connectivity index (χ1v) is 13.9. The predicted molar refractivity (Wildman–Crippen MR) is 153 cm³/mol. The maximum absolute atomic E-state index is 14.3. The van der Waals surface area contributed by atoms with Crippen molar-refractivity contribution in [3.05, 3.63) is 65.6 Å². The quantitative estimate of drug-likeness (QED) is 0.201. The molecular formula is C29H32F2N8O4. The molecule has 0 bridgehead atoms. The number of aliphatic carboxylic acids is 1. The third-order valence-electron chi connectivity index (χ3n) is 7.13. The largest absolute Gasteiger partial charge is 0.492 e. The maximum Gasteiger partial charge on any atom is 0.306 e. The molecule has 5 rings (SSSR count). The van der Waals surface area contributed by atoms with E-state index in [9.17, 15) is 18.7 Å². The van der Waals surface area contributed by atoms with E-state index >= 15 is 0 Å². The third kappa shape index (κ3) is 7.50. The van der Waals surface area contributed by atoms with Crippen molar-refractivity contribution in [3.63, 3.8) is 0 Å². The van der Waals surface area contributed by atoms with Crippen LogP contribution in [-0.2, 0) is 18.4 Å². The van der Waals surface area contributed by atoms with Gasteiger partial charge in [-0.15, -0.1) is 5.10 Å². The Hall–Kier alpha value is -4.88. The summed E-state index contributed by atoms with van der Waals surface area (Å²) in [7, 11) is 1.75. The van der Waals surface area contributed by atoms with E-state index in [1.165, 1.54) is 24.3 Å². The number of halogens is 2. The third-order valence-corrected chi connectivity index (χ3v) is 7.13. The van der Waals surface area contributed by atoms with Crippen LogP contribution in [0.3, 0.4) is 0 Å². The van der Waals surface area contributed by atoms with Crippen molar-refractivity contribution < 1.29 is 28.2 Å². The van der Waals surface area contributed by atoms with Gasteiger partial charge in [0.15, 0.2) is 11.6 Å². The standard InChI is InChI=1S/C29H32F2N8O4/c1-17-25(43-21-5-3-4-18(14-21)28(40)41)11-10-23(35-17)26-24(39(2)38-37-26)16-34-29-33-15-22(31)27(36-29)32-12-13-42-20-8-6-19(30)7-9-20/h6-11,15,18,21H,3-5,12-14,16H2,1-2H3,(H,40,41)(H2,32,33,34,36)/t18-,21-/m0/s1. The van der Waals surface area contributed by atoms with Crippen LogP contribution in [0.2, 0.25) is 0 Å². The molecule has 226 valence electrons. The number of hydrogen-bond donors (Lipinski definition) is 3. The molecule has 4 aromatic rings. The Kier molecular flexibility index (Phi) is 9.23. The topological polar surface area (TPSA) is 149 Å². The first-order chi connectivity index (χ1) is 20.8. The average molecular weight is 595 g/mol. The number of carboxylic acids is 1. The summed E-state index contributed by atoms with van der Waals surface area (Å²) in [6, 6.07) is 9.22. The first kappa shape index (κ1) is 29.6. The van der Waals surface area contributed by atoms with Crippen LogP contribution in [0, 0.1) is 24.5 Å². The van der Waals surface area contributed by atoms with Crippen LogP contribution in [0.15, 0.2) is 42.6 Å². The SMILES string of the molecule is Cc1nc(-c2nnn(C)c2CNc2ncc(F)c(NCCOc3ccc(F)cc3)n2)ccc1O[C@H]1CCC[C@H](C(=O)O)C1. The van der Waals surface area contributed by atoms with Crippen molar-refractivity contribution in [2.24, 2.45) is 13.0 Å². The highest BCUT2D eigenvalue weighted by Crippen LogP contribution is 2.30. The molecule has 1 aromatic carbocycles. The van der Waals surface area contributed by atoms with E-state index in [0.29, 0.717) is 47.1 Å². The lowest BCUT2D eigenvalue weighted by atomic mass is 9.87. The summed E-state index contributed by atoms with van der Waals surface area (Å²) in [5.41, 5.74) is 2.49. The van der Waals surface area contributed by atoms with Crippen molar-refractivity contribution in [3.8, 4) is 22.9 Å². The number of nitrogens with zero attached hydrogens (tertiary/aromatic N) is 6. The van der Waals surface area contributed by atoms with Gasteiger partial charge in [0.25, 0.3) is 0 Å². The molecule has 3 aromatic heterocycles. The van der Waals surface area contributed by atoms with Gasteiger partial charge in [-0.3, -0.25) is 4.79 Å². The van der Waals surface area contributed by atoms with Crippen molar-refractivity contribution in [1.82, 2.24) is 29.9 Å². The van der Waals surface area contributed by atoms with E-state index in [0.717, 1.165) is 19.0 Å². The van der Waals surface area contributed by atoms with E-state index in [2.05, 4.69) is 35.9 Å². The number of anilines is 2. The van der Waals surface area contributed by atoms with Crippen LogP contribution in [0.4, 0.5) is 20.5 Å². The fourth-order valence-corrected chi connectivity index (χ4v) is 4.84. The number of aromatic nitrogens is 6. The molecule has 1 aliphatic rings. The number of carboxylic acid groups (broad SMARTS) is 1. The van der Waals surface area contributed by atoms with Gasteiger partial charge in [0.05, 0.1) is 48.4 Å². The number of ether oxygens (including phenoxy) is 2. The molecule has 12 nitrogen and oxygen atoms in total. The molecule has 1 fully saturated rings. The molecule has 43 heavy (non-hydrogen) atoms. The summed E-state index contributed by atoms with van der Waals surface area (Å²) in [5.74, 6) is -0.854. The predicted octanol–water partition coefficient (Wildman–Crippen LogP) is 4.38. The van der Waals surface area contributed by atoms with Crippen LogP contribution in [-0.4, -0.2) is 60.3 Å². The maximum atomic E-state index is 14.3. The molecule has 1 saturated carbocycles. The Morgan fingerprint density at radius 3 is 2.70 bits per heavy atom. The number of nitrogens with one attached hydrogen (secondary N) is 2. The minimum Gasteiger partial charge on any atom is -0.492 e. The molecule has 0 unspecified atom stereocenters. The Labute approximate surface area is 246 Å². The number of carbonyl (C=O) groups is 1. The van der Waals surface area contributed by atoms with Crippen molar-refractivity contribution >= 4 is 17.7 Å². The molecule has 0 saturated heterocycles. The molecule has 0 spiro atoms. The van der Waals surface area contributed by atoms with Gasteiger partial charge in [-0.2, -0.15) is 4.98 Å². The van der Waals surface area contributed by atoms with Gasteiger partial charge in [-0.1, -0.05) is 5.21 Å². The highest BCUT2D eigenvalue weighted by molar-refractivity contribution is 5.70. The molecule has 14 heteroatoms. The smallest absolute Gasteiger partial charge is 0.306 e. The zero-order valence-electron chi connectivity index (χ0n) is 23.8. The van der Waals surface area contributed by atoms with E-state index in [1.54, 1.807) is 17.8 Å². The summed E-state index contributed by atoms with van der Waals surface area (Å²) < 4.78 is 40.6. The summed E-state index contributed by atoms with van der Waals surface area (Å²) in [4.78, 5) is 24.3. The number of hydrogen-bond acceptors (Lipinski definition) is 10. The fourth-order valence-electron chi connectivity index (χ4n) is 4.84. The van der Waals surface area contributed by atoms with Crippen LogP contribution < -0.4 is 20.1 Å². The molecule has 0 radical (unpaired) electrons. The van der Waals surface area contributed by atoms with Gasteiger partial charge < -0.3 is 25.2 Å². The zero-order chi connectivity index (χ0) is 30.3. The lowest BCUT2D eigenvalue weighted by Crippen LogP contribution is -2.29. The Bertz CT molecular complexity index is 1570. The van der Waals surface area contributed by atoms with E-state index in [1.807, 2.05) is 13.0 Å². The van der Waals surface area contributed by atoms with Gasteiger partial charge in [-0.05, 0) is 69.0 Å². The molecular weight excluding hydrogens is 562 g/mol. The van der Waals surface area contributed by atoms with Crippen LogP contribution in [0.5, 0.6) is 11.5 Å². The number of benzene rings is 1. The van der Waals surface area contributed by atoms with E-state index in [4.69, 9.17) is 9.47 Å². The molecule has 1 aliphatic carbocycles. The molecule has 3 N–H and O–H groups in total. The van der Waals surface area contributed by atoms with Gasteiger partial charge in [-0.25, -0.2) is 23.4 Å². The molecule has 0 amide bonds. The zero-order valence-corrected chi connectivity index (χ0v) is 23.8. The van der Waals surface area contributed by atoms with Crippen molar-refractivity contribution in [2.75, 3.05) is 23.8 Å². The van der Waals surface area contributed by atoms with Crippen LogP contribution in [0.25, 0.3) is 11.4 Å². The first-order valence-electron chi connectivity index (χ1n) is 13.9. The van der Waals surface area contributed by atoms with Gasteiger partial charge in [0, 0.05) is 7.05 Å². The fraction of sp³-hybridized carbons (Fsp3) is 0.379. The van der Waals surface area contributed by atoms with Gasteiger partial charge in [0.2, 0.25) is 5.95 Å². The molecule has 2 atom stereocenters. The number of aryl methyl sites for hydroxylation is 2. The van der Waals surface area contributed by atoms with Crippen molar-refractivity contribution in [2.45, 2.75) is 45.3 Å². The lowest BCUT2D eigenvalue weighted by molar-refractivity contribution is -0.143. The van der Waals surface area contributed by atoms with Gasteiger partial charge in [0.1, 0.15) is 29.6 Å². The summed E-state index contributed by atoms with van der Waals surface area (Å²) in [6.45, 7) is 2.53. The highest BCUT2D eigenvalue weighted by atomic mass is 19.1. The normalized spacial score (nSPS) is 16.5. The second-order valence-corrected chi connectivity index (χ2v) is 10.2. The number of rotatable bonds is 12. The van der Waals surface area contributed by atoms with E-state index in [-0.39, 0.29) is 49.3 Å². The molecule has 0 aliphatic heterocycles. The van der Waals surface area contributed by atoms with E-state index < -0.39 is 11.8 Å². The van der Waals surface area contributed by atoms with Gasteiger partial charge >= 0.3 is 5.97 Å². The highest BCUT2D eigenvalue weighted by Gasteiger charge is 2.28. The minimum atomic E-state index is -0.783. The Balaban J connectivity index is 1.20.